The fourth-order valence-corrected chi connectivity index (χ4v) is 3.92. The van der Waals surface area contributed by atoms with Gasteiger partial charge in [-0.25, -0.2) is 18.1 Å². The van der Waals surface area contributed by atoms with Gasteiger partial charge in [0.15, 0.2) is 0 Å². The summed E-state index contributed by atoms with van der Waals surface area (Å²) in [5.41, 5.74) is 0. The smallest absolute Gasteiger partial charge is 0.212 e. The van der Waals surface area contributed by atoms with E-state index in [2.05, 4.69) is 19.9 Å². The van der Waals surface area contributed by atoms with Crippen LogP contribution in [-0.4, -0.2) is 63.3 Å². The average Bonchev–Trinajstić information content (AvgIpc) is 2.98. The maximum Gasteiger partial charge on any atom is 0.212 e. The zero-order chi connectivity index (χ0) is 14.4. The summed E-state index contributed by atoms with van der Waals surface area (Å²) in [7, 11) is -3.20. The van der Waals surface area contributed by atoms with Crippen molar-refractivity contribution in [2.75, 3.05) is 45.0 Å². The van der Waals surface area contributed by atoms with Crippen LogP contribution in [0.3, 0.4) is 0 Å². The predicted octanol–water partition coefficient (Wildman–Crippen LogP) is 0.0712. The molecule has 1 atom stereocenters. The van der Waals surface area contributed by atoms with Crippen LogP contribution in [0.1, 0.15) is 17.8 Å². The molecule has 20 heavy (non-hydrogen) atoms. The zero-order valence-electron chi connectivity index (χ0n) is 11.7. The number of rotatable bonds is 7. The lowest BCUT2D eigenvalue weighted by Gasteiger charge is -2.26. The molecule has 2 heterocycles. The molecule has 0 amide bonds. The molecule has 6 nitrogen and oxygen atoms in total. The first-order chi connectivity index (χ1) is 9.57. The molecule has 2 rings (SSSR count). The van der Waals surface area contributed by atoms with E-state index in [1.54, 1.807) is 17.5 Å². The first-order valence-electron chi connectivity index (χ1n) is 6.86. The largest absolute Gasteiger partial charge is 0.314 e. The standard InChI is InChI=1S/C12H22N4O2S2/c1-11(12-14-4-8-19-12)10-15-20(17,18)9-7-16-5-2-13-3-6-16/h4,8,11,13,15H,2-3,5-7,9-10H2,1H3. The highest BCUT2D eigenvalue weighted by molar-refractivity contribution is 7.89. The van der Waals surface area contributed by atoms with Gasteiger partial charge in [0.1, 0.15) is 0 Å². The highest BCUT2D eigenvalue weighted by atomic mass is 32.2. The Morgan fingerprint density at radius 3 is 2.90 bits per heavy atom. The second-order valence-electron chi connectivity index (χ2n) is 5.03. The van der Waals surface area contributed by atoms with Crippen LogP contribution in [0.15, 0.2) is 11.6 Å². The van der Waals surface area contributed by atoms with E-state index < -0.39 is 10.0 Å². The minimum absolute atomic E-state index is 0.115. The summed E-state index contributed by atoms with van der Waals surface area (Å²) in [6.07, 6.45) is 1.75. The molecule has 8 heteroatoms. The van der Waals surface area contributed by atoms with E-state index in [-0.39, 0.29) is 11.7 Å². The Bertz CT molecular complexity index is 484. The maximum atomic E-state index is 12.0. The van der Waals surface area contributed by atoms with Crippen LogP contribution in [0, 0.1) is 0 Å². The first kappa shape index (κ1) is 15.8. The summed E-state index contributed by atoms with van der Waals surface area (Å²) in [5, 5.41) is 6.13. The lowest BCUT2D eigenvalue weighted by Crippen LogP contribution is -2.46. The van der Waals surface area contributed by atoms with Crippen LogP contribution in [0.25, 0.3) is 0 Å². The number of nitrogens with one attached hydrogen (secondary N) is 2. The molecule has 0 bridgehead atoms. The number of nitrogens with zero attached hydrogens (tertiary/aromatic N) is 2. The lowest BCUT2D eigenvalue weighted by atomic mass is 10.2. The summed E-state index contributed by atoms with van der Waals surface area (Å²) in [4.78, 5) is 6.39. The molecule has 114 valence electrons. The number of thiazole rings is 1. The van der Waals surface area contributed by atoms with Crippen molar-refractivity contribution < 1.29 is 8.42 Å². The highest BCUT2D eigenvalue weighted by Gasteiger charge is 2.17. The van der Waals surface area contributed by atoms with Crippen molar-refractivity contribution in [3.63, 3.8) is 0 Å². The monoisotopic (exact) mass is 318 g/mol. The second-order valence-corrected chi connectivity index (χ2v) is 7.88. The Labute approximate surface area is 124 Å². The van der Waals surface area contributed by atoms with Gasteiger partial charge in [-0.3, -0.25) is 4.90 Å². The molecule has 0 radical (unpaired) electrons. The van der Waals surface area contributed by atoms with Gasteiger partial charge >= 0.3 is 0 Å². The third-order valence-electron chi connectivity index (χ3n) is 3.37. The number of aromatic nitrogens is 1. The molecule has 0 aliphatic carbocycles. The summed E-state index contributed by atoms with van der Waals surface area (Å²) in [6.45, 7) is 6.72. The van der Waals surface area contributed by atoms with E-state index in [9.17, 15) is 8.42 Å². The third kappa shape index (κ3) is 5.10. The fourth-order valence-electron chi connectivity index (χ4n) is 2.07. The molecule has 2 N–H and O–H groups in total. The number of sulfonamides is 1. The van der Waals surface area contributed by atoms with Gasteiger partial charge in [-0.1, -0.05) is 6.92 Å². The zero-order valence-corrected chi connectivity index (χ0v) is 13.3. The quantitative estimate of drug-likeness (QED) is 0.744. The molecule has 0 saturated carbocycles. The van der Waals surface area contributed by atoms with E-state index in [4.69, 9.17) is 0 Å². The van der Waals surface area contributed by atoms with Crippen molar-refractivity contribution in [1.29, 1.82) is 0 Å². The van der Waals surface area contributed by atoms with Gasteiger partial charge in [0, 0.05) is 56.8 Å². The fraction of sp³-hybridized carbons (Fsp3) is 0.750. The van der Waals surface area contributed by atoms with Crippen LogP contribution in [0.4, 0.5) is 0 Å². The van der Waals surface area contributed by atoms with Gasteiger partial charge in [0.05, 0.1) is 10.8 Å². The van der Waals surface area contributed by atoms with E-state index >= 15 is 0 Å². The number of hydrogen-bond acceptors (Lipinski definition) is 6. The second kappa shape index (κ2) is 7.46. The van der Waals surface area contributed by atoms with Crippen molar-refractivity contribution in [2.24, 2.45) is 0 Å². The van der Waals surface area contributed by atoms with Crippen molar-refractivity contribution in [1.82, 2.24) is 19.9 Å². The number of piperazine rings is 1. The average molecular weight is 318 g/mol. The van der Waals surface area contributed by atoms with Crippen molar-refractivity contribution >= 4 is 21.4 Å². The molecule has 1 aromatic heterocycles. The van der Waals surface area contributed by atoms with Gasteiger partial charge in [-0.15, -0.1) is 11.3 Å². The molecule has 1 fully saturated rings. The van der Waals surface area contributed by atoms with E-state index in [0.717, 1.165) is 31.2 Å². The van der Waals surface area contributed by atoms with Crippen molar-refractivity contribution in [3.8, 4) is 0 Å². The van der Waals surface area contributed by atoms with E-state index in [1.807, 2.05) is 12.3 Å². The summed E-state index contributed by atoms with van der Waals surface area (Å²) >= 11 is 1.56. The van der Waals surface area contributed by atoms with E-state index in [1.165, 1.54) is 0 Å². The summed E-state index contributed by atoms with van der Waals surface area (Å²) < 4.78 is 26.6. The maximum absolute atomic E-state index is 12.0. The molecule has 1 unspecified atom stereocenters. The normalized spacial score (nSPS) is 19.1. The Kier molecular flexibility index (Phi) is 5.91. The Morgan fingerprint density at radius 2 is 2.25 bits per heavy atom. The van der Waals surface area contributed by atoms with Crippen LogP contribution in [0.5, 0.6) is 0 Å². The summed E-state index contributed by atoms with van der Waals surface area (Å²) in [5.74, 6) is 0.279. The van der Waals surface area contributed by atoms with Crippen LogP contribution in [0.2, 0.25) is 0 Å². The lowest BCUT2D eigenvalue weighted by molar-refractivity contribution is 0.253. The molecule has 0 spiro atoms. The van der Waals surface area contributed by atoms with Crippen molar-refractivity contribution in [3.05, 3.63) is 16.6 Å². The van der Waals surface area contributed by atoms with Gasteiger partial charge < -0.3 is 5.32 Å². The molecule has 1 saturated heterocycles. The van der Waals surface area contributed by atoms with Gasteiger partial charge in [0.2, 0.25) is 10.0 Å². The minimum atomic E-state index is -3.20. The highest BCUT2D eigenvalue weighted by Crippen LogP contribution is 2.16. The molecular weight excluding hydrogens is 296 g/mol. The van der Waals surface area contributed by atoms with Gasteiger partial charge in [0.25, 0.3) is 0 Å². The third-order valence-corrected chi connectivity index (χ3v) is 5.70. The minimum Gasteiger partial charge on any atom is -0.314 e. The molecule has 1 aliphatic rings. The predicted molar refractivity (Wildman–Crippen MR) is 81.6 cm³/mol. The molecular formula is C12H22N4O2S2. The van der Waals surface area contributed by atoms with Crippen molar-refractivity contribution in [2.45, 2.75) is 12.8 Å². The van der Waals surface area contributed by atoms with Gasteiger partial charge in [-0.2, -0.15) is 0 Å². The van der Waals surface area contributed by atoms with Gasteiger partial charge in [-0.05, 0) is 0 Å². The van der Waals surface area contributed by atoms with Crippen LogP contribution >= 0.6 is 11.3 Å². The summed E-state index contributed by atoms with van der Waals surface area (Å²) in [6, 6.07) is 0. The van der Waals surface area contributed by atoms with Crippen LogP contribution < -0.4 is 10.0 Å². The Hall–Kier alpha value is -0.540. The topological polar surface area (TPSA) is 74.3 Å². The SMILES string of the molecule is CC(CNS(=O)(=O)CCN1CCNCC1)c1nccs1. The molecule has 0 aromatic carbocycles. The Morgan fingerprint density at radius 1 is 1.50 bits per heavy atom. The van der Waals surface area contributed by atoms with E-state index in [0.29, 0.717) is 13.1 Å². The van der Waals surface area contributed by atoms with Crippen LogP contribution in [-0.2, 0) is 10.0 Å². The Balaban J connectivity index is 1.73. The number of hydrogen-bond donors (Lipinski definition) is 2. The molecule has 1 aromatic rings. The first-order valence-corrected chi connectivity index (χ1v) is 9.40. The molecule has 1 aliphatic heterocycles.